The van der Waals surface area contributed by atoms with E-state index >= 15 is 0 Å². The van der Waals surface area contributed by atoms with Crippen LogP contribution in [0, 0.1) is 0 Å². The molecule has 0 atom stereocenters. The molecule has 0 N–H and O–H groups in total. The minimum atomic E-state index is -1.14. The standard InChI is InChI=1S/C15H29PSi/c1-14(2,3)12-10-11-13(15(4,5)6)16(12)17(7,8)9/h10-11H,1-9H3. The molecule has 0 saturated carbocycles. The molecule has 0 spiro atoms. The lowest BCUT2D eigenvalue weighted by molar-refractivity contribution is 0.602. The third-order valence-corrected chi connectivity index (χ3v) is 12.5. The molecule has 0 fully saturated rings. The van der Waals surface area contributed by atoms with Crippen molar-refractivity contribution in [3.63, 3.8) is 0 Å². The Labute approximate surface area is 110 Å². The van der Waals surface area contributed by atoms with Gasteiger partial charge in [0.1, 0.15) is 0 Å². The van der Waals surface area contributed by atoms with Crippen molar-refractivity contribution in [3.8, 4) is 0 Å². The minimum Gasteiger partial charge on any atom is -0.135 e. The van der Waals surface area contributed by atoms with E-state index in [1.54, 1.807) is 10.6 Å². The van der Waals surface area contributed by atoms with Crippen LogP contribution in [0.15, 0.2) is 12.1 Å². The Balaban J connectivity index is 3.53. The Morgan fingerprint density at radius 3 is 1.24 bits per heavy atom. The van der Waals surface area contributed by atoms with Crippen LogP contribution in [0.1, 0.15) is 52.1 Å². The molecule has 1 heterocycles. The van der Waals surface area contributed by atoms with Crippen molar-refractivity contribution in [1.29, 1.82) is 0 Å². The summed E-state index contributed by atoms with van der Waals surface area (Å²) in [5.74, 6) is 0. The highest BCUT2D eigenvalue weighted by Gasteiger charge is 2.32. The van der Waals surface area contributed by atoms with Gasteiger partial charge in [-0.2, -0.15) is 0 Å². The second-order valence-corrected chi connectivity index (χ2v) is 19.5. The first kappa shape index (κ1) is 15.1. The quantitative estimate of drug-likeness (QED) is 0.552. The summed E-state index contributed by atoms with van der Waals surface area (Å²) in [4.78, 5) is 0. The zero-order valence-corrected chi connectivity index (χ0v) is 15.0. The Kier molecular flexibility index (Phi) is 3.79. The summed E-state index contributed by atoms with van der Waals surface area (Å²) in [5, 5.41) is 3.44. The highest BCUT2D eigenvalue weighted by Crippen LogP contribution is 2.55. The molecule has 0 amide bonds. The van der Waals surface area contributed by atoms with Crippen molar-refractivity contribution in [2.24, 2.45) is 0 Å². The van der Waals surface area contributed by atoms with Crippen molar-refractivity contribution < 1.29 is 0 Å². The second kappa shape index (κ2) is 4.28. The molecule has 0 saturated heterocycles. The highest BCUT2D eigenvalue weighted by atomic mass is 31.4. The van der Waals surface area contributed by atoms with Crippen molar-refractivity contribution in [2.45, 2.75) is 72.0 Å². The van der Waals surface area contributed by atoms with Crippen molar-refractivity contribution in [1.82, 2.24) is 0 Å². The summed E-state index contributed by atoms with van der Waals surface area (Å²) in [6.07, 6.45) is 0. The van der Waals surface area contributed by atoms with E-state index in [1.165, 1.54) is 0 Å². The van der Waals surface area contributed by atoms with E-state index in [1.807, 2.05) is 0 Å². The monoisotopic (exact) mass is 268 g/mol. The van der Waals surface area contributed by atoms with Gasteiger partial charge < -0.3 is 0 Å². The van der Waals surface area contributed by atoms with Gasteiger partial charge in [0.2, 0.25) is 0 Å². The van der Waals surface area contributed by atoms with Crippen LogP contribution < -0.4 is 0 Å². The summed E-state index contributed by atoms with van der Waals surface area (Å²) < 4.78 is 0. The Morgan fingerprint density at radius 1 is 0.765 bits per heavy atom. The van der Waals surface area contributed by atoms with E-state index in [-0.39, 0.29) is 7.08 Å². The van der Waals surface area contributed by atoms with Gasteiger partial charge in [-0.25, -0.2) is 0 Å². The van der Waals surface area contributed by atoms with Gasteiger partial charge in [0.25, 0.3) is 0 Å². The molecule has 0 bridgehead atoms. The van der Waals surface area contributed by atoms with E-state index in [0.29, 0.717) is 10.8 Å². The summed E-state index contributed by atoms with van der Waals surface area (Å²) in [6, 6.07) is 4.87. The molecular formula is C15H29PSi. The lowest BCUT2D eigenvalue weighted by Crippen LogP contribution is -2.21. The van der Waals surface area contributed by atoms with Crippen LogP contribution in [0.3, 0.4) is 0 Å². The Morgan fingerprint density at radius 2 is 1.06 bits per heavy atom. The van der Waals surface area contributed by atoms with Crippen LogP contribution in [0.2, 0.25) is 19.6 Å². The number of hydrogen-bond donors (Lipinski definition) is 0. The van der Waals surface area contributed by atoms with Crippen LogP contribution in [0.4, 0.5) is 0 Å². The van der Waals surface area contributed by atoms with Gasteiger partial charge in [-0.3, -0.25) is 0 Å². The third-order valence-electron chi connectivity index (χ3n) is 3.09. The lowest BCUT2D eigenvalue weighted by Gasteiger charge is -2.32. The fraction of sp³-hybridized carbons (Fsp3) is 0.733. The van der Waals surface area contributed by atoms with Gasteiger partial charge in [0.05, 0.1) is 7.74 Å². The van der Waals surface area contributed by atoms with Gasteiger partial charge in [0, 0.05) is 0 Å². The van der Waals surface area contributed by atoms with Crippen molar-refractivity contribution in [3.05, 3.63) is 22.7 Å². The SMILES string of the molecule is CC(C)(C)c1ccc(C(C)(C)C)p1[Si](C)(C)C. The molecule has 0 aliphatic heterocycles. The van der Waals surface area contributed by atoms with Crippen LogP contribution in [-0.4, -0.2) is 7.74 Å². The van der Waals surface area contributed by atoms with E-state index in [2.05, 4.69) is 73.3 Å². The maximum atomic E-state index is 2.53. The molecule has 0 nitrogen and oxygen atoms in total. The first-order chi connectivity index (χ1) is 7.35. The summed E-state index contributed by atoms with van der Waals surface area (Å²) >= 11 is 0. The van der Waals surface area contributed by atoms with Gasteiger partial charge in [-0.05, 0) is 21.4 Å². The zero-order valence-electron chi connectivity index (χ0n) is 13.1. The van der Waals surface area contributed by atoms with E-state index in [4.69, 9.17) is 0 Å². The topological polar surface area (TPSA) is 0 Å². The number of rotatable bonds is 1. The van der Waals surface area contributed by atoms with Crippen LogP contribution in [0.25, 0.3) is 0 Å². The number of hydrogen-bond acceptors (Lipinski definition) is 0. The van der Waals surface area contributed by atoms with Crippen LogP contribution >= 0.6 is 7.08 Å². The highest BCUT2D eigenvalue weighted by molar-refractivity contribution is 7.90. The Bertz CT molecular complexity index is 363. The molecule has 1 rings (SSSR count). The van der Waals surface area contributed by atoms with Gasteiger partial charge in [-0.1, -0.05) is 73.3 Å². The molecule has 98 valence electrons. The summed E-state index contributed by atoms with van der Waals surface area (Å²) in [5.41, 5.74) is 0.658. The lowest BCUT2D eigenvalue weighted by atomic mass is 9.93. The van der Waals surface area contributed by atoms with Gasteiger partial charge in [-0.15, -0.1) is 7.08 Å². The predicted molar refractivity (Wildman–Crippen MR) is 85.3 cm³/mol. The molecule has 0 aromatic carbocycles. The van der Waals surface area contributed by atoms with E-state index in [9.17, 15) is 0 Å². The molecule has 0 unspecified atom stereocenters. The molecule has 0 aliphatic carbocycles. The second-order valence-electron chi connectivity index (χ2n) is 8.11. The predicted octanol–water partition coefficient (Wildman–Crippen LogP) is 5.95. The van der Waals surface area contributed by atoms with E-state index < -0.39 is 7.74 Å². The largest absolute Gasteiger partial charge is 0.135 e. The van der Waals surface area contributed by atoms with Crippen molar-refractivity contribution in [2.75, 3.05) is 0 Å². The first-order valence-corrected chi connectivity index (χ1v) is 12.3. The van der Waals surface area contributed by atoms with Crippen LogP contribution in [0.5, 0.6) is 0 Å². The zero-order chi connectivity index (χ0) is 13.6. The summed E-state index contributed by atoms with van der Waals surface area (Å²) in [7, 11) is -1.17. The van der Waals surface area contributed by atoms with E-state index in [0.717, 1.165) is 0 Å². The van der Waals surface area contributed by atoms with Crippen LogP contribution in [-0.2, 0) is 10.8 Å². The maximum Gasteiger partial charge on any atom is 0.0986 e. The molecule has 0 radical (unpaired) electrons. The summed E-state index contributed by atoms with van der Waals surface area (Å²) in [6.45, 7) is 21.8. The third kappa shape index (κ3) is 3.26. The fourth-order valence-electron chi connectivity index (χ4n) is 2.33. The average molecular weight is 268 g/mol. The fourth-order valence-corrected chi connectivity index (χ4v) is 12.6. The molecular weight excluding hydrogens is 239 g/mol. The molecule has 1 aromatic heterocycles. The van der Waals surface area contributed by atoms with Gasteiger partial charge >= 0.3 is 0 Å². The van der Waals surface area contributed by atoms with Gasteiger partial charge in [0.15, 0.2) is 0 Å². The van der Waals surface area contributed by atoms with Crippen molar-refractivity contribution >= 4 is 14.8 Å². The average Bonchev–Trinajstić information content (AvgIpc) is 2.42. The molecule has 1 aromatic rings. The maximum absolute atomic E-state index is 2.53. The molecule has 0 aliphatic rings. The molecule has 17 heavy (non-hydrogen) atoms. The molecule has 2 heteroatoms. The first-order valence-electron chi connectivity index (χ1n) is 6.58. The Hall–Kier alpha value is -0.00312. The normalized spacial score (nSPS) is 14.2. The smallest absolute Gasteiger partial charge is 0.0986 e. The minimum absolute atomic E-state index is 0.0280.